The average Bonchev–Trinajstić information content (AvgIpc) is 2.87. The van der Waals surface area contributed by atoms with Gasteiger partial charge in [0.2, 0.25) is 11.8 Å². The van der Waals surface area contributed by atoms with Crippen LogP contribution in [0.15, 0.2) is 67.3 Å². The van der Waals surface area contributed by atoms with Gasteiger partial charge in [-0.25, -0.2) is 0 Å². The molecule has 1 saturated heterocycles. The Morgan fingerprint density at radius 3 is 2.59 bits per heavy atom. The Morgan fingerprint density at radius 1 is 1.07 bits per heavy atom. The van der Waals surface area contributed by atoms with Crippen LogP contribution in [0.2, 0.25) is 0 Å². The molecule has 4 heteroatoms. The summed E-state index contributed by atoms with van der Waals surface area (Å²) in [7, 11) is 0. The lowest BCUT2D eigenvalue weighted by molar-refractivity contribution is -0.146. The van der Waals surface area contributed by atoms with E-state index in [1.54, 1.807) is 6.08 Å². The summed E-state index contributed by atoms with van der Waals surface area (Å²) in [6.07, 6.45) is 2.56. The highest BCUT2D eigenvalue weighted by Crippen LogP contribution is 2.62. The normalized spacial score (nSPS) is 28.3. The molecule has 4 nitrogen and oxygen atoms in total. The van der Waals surface area contributed by atoms with Crippen LogP contribution in [0.1, 0.15) is 17.5 Å². The van der Waals surface area contributed by atoms with Crippen LogP contribution in [-0.4, -0.2) is 29.8 Å². The lowest BCUT2D eigenvalue weighted by Gasteiger charge is -2.55. The molecule has 136 valence electrons. The molecule has 3 aliphatic rings. The van der Waals surface area contributed by atoms with Gasteiger partial charge in [-0.15, -0.1) is 6.58 Å². The lowest BCUT2D eigenvalue weighted by Crippen LogP contribution is -2.64. The van der Waals surface area contributed by atoms with Gasteiger partial charge in [-0.05, 0) is 29.5 Å². The van der Waals surface area contributed by atoms with E-state index in [2.05, 4.69) is 6.58 Å². The molecule has 2 aromatic rings. The number of benzene rings is 2. The first-order valence-corrected chi connectivity index (χ1v) is 9.53. The van der Waals surface area contributed by atoms with Crippen molar-refractivity contribution in [3.8, 4) is 0 Å². The summed E-state index contributed by atoms with van der Waals surface area (Å²) < 4.78 is 0. The van der Waals surface area contributed by atoms with E-state index in [1.165, 1.54) is 0 Å². The highest BCUT2D eigenvalue weighted by Gasteiger charge is 2.71. The smallest absolute Gasteiger partial charge is 0.234 e. The first-order valence-electron chi connectivity index (χ1n) is 9.53. The summed E-state index contributed by atoms with van der Waals surface area (Å²) in [6, 6.07) is 18.0. The predicted molar refractivity (Wildman–Crippen MR) is 104 cm³/mol. The van der Waals surface area contributed by atoms with Crippen molar-refractivity contribution in [1.29, 1.82) is 0 Å². The second-order valence-electron chi connectivity index (χ2n) is 7.78. The van der Waals surface area contributed by atoms with Crippen molar-refractivity contribution in [2.45, 2.75) is 18.4 Å². The van der Waals surface area contributed by atoms with Crippen molar-refractivity contribution in [1.82, 2.24) is 4.90 Å². The molecule has 27 heavy (non-hydrogen) atoms. The number of carbonyl (C=O) groups is 2. The minimum Gasteiger partial charge on any atom is -0.338 e. The van der Waals surface area contributed by atoms with Gasteiger partial charge in [-0.3, -0.25) is 9.59 Å². The van der Waals surface area contributed by atoms with Crippen molar-refractivity contribution in [2.75, 3.05) is 18.0 Å². The van der Waals surface area contributed by atoms with E-state index in [0.29, 0.717) is 13.1 Å². The third kappa shape index (κ3) is 2.04. The van der Waals surface area contributed by atoms with Gasteiger partial charge in [-0.1, -0.05) is 54.6 Å². The van der Waals surface area contributed by atoms with Gasteiger partial charge in [0.15, 0.2) is 0 Å². The number of amides is 2. The number of anilines is 1. The molecular formula is C23H22N2O2. The fraction of sp³-hybridized carbons (Fsp3) is 0.304. The van der Waals surface area contributed by atoms with E-state index in [1.807, 2.05) is 64.4 Å². The van der Waals surface area contributed by atoms with Crippen LogP contribution >= 0.6 is 0 Å². The summed E-state index contributed by atoms with van der Waals surface area (Å²) in [6.45, 7) is 5.59. The zero-order valence-electron chi connectivity index (χ0n) is 15.2. The van der Waals surface area contributed by atoms with Crippen LogP contribution in [0.3, 0.4) is 0 Å². The first kappa shape index (κ1) is 16.3. The molecule has 1 spiro atoms. The van der Waals surface area contributed by atoms with Crippen LogP contribution < -0.4 is 4.90 Å². The van der Waals surface area contributed by atoms with Crippen LogP contribution in [0.25, 0.3) is 0 Å². The number of fused-ring (bicyclic) bond motifs is 1. The summed E-state index contributed by atoms with van der Waals surface area (Å²) in [5.41, 5.74) is 2.35. The van der Waals surface area contributed by atoms with Gasteiger partial charge < -0.3 is 9.80 Å². The number of para-hydroxylation sites is 1. The van der Waals surface area contributed by atoms with Gasteiger partial charge in [0.05, 0.1) is 17.9 Å². The molecule has 2 heterocycles. The Kier molecular flexibility index (Phi) is 3.51. The van der Waals surface area contributed by atoms with Gasteiger partial charge in [-0.2, -0.15) is 0 Å². The Labute approximate surface area is 159 Å². The first-order chi connectivity index (χ1) is 13.2. The summed E-state index contributed by atoms with van der Waals surface area (Å²) in [5, 5.41) is 0. The fourth-order valence-corrected chi connectivity index (χ4v) is 5.36. The molecule has 2 amide bonds. The van der Waals surface area contributed by atoms with E-state index in [-0.39, 0.29) is 23.7 Å². The van der Waals surface area contributed by atoms with Crippen molar-refractivity contribution < 1.29 is 9.59 Å². The van der Waals surface area contributed by atoms with Gasteiger partial charge in [0.25, 0.3) is 0 Å². The third-order valence-corrected chi connectivity index (χ3v) is 6.53. The molecule has 0 radical (unpaired) electrons. The second kappa shape index (κ2) is 5.81. The van der Waals surface area contributed by atoms with Crippen molar-refractivity contribution >= 4 is 17.5 Å². The van der Waals surface area contributed by atoms with Crippen molar-refractivity contribution in [3.05, 3.63) is 78.4 Å². The van der Waals surface area contributed by atoms with Crippen LogP contribution in [0, 0.1) is 11.8 Å². The highest BCUT2D eigenvalue weighted by atomic mass is 16.2. The van der Waals surface area contributed by atoms with Crippen LogP contribution in [0.5, 0.6) is 0 Å². The van der Waals surface area contributed by atoms with Gasteiger partial charge in [0.1, 0.15) is 0 Å². The largest absolute Gasteiger partial charge is 0.338 e. The molecular weight excluding hydrogens is 336 g/mol. The molecule has 0 aromatic heterocycles. The molecule has 2 aromatic carbocycles. The zero-order valence-corrected chi connectivity index (χ0v) is 15.2. The molecule has 2 aliphatic heterocycles. The molecule has 0 bridgehead atoms. The maximum absolute atomic E-state index is 13.4. The molecule has 1 saturated carbocycles. The van der Waals surface area contributed by atoms with E-state index >= 15 is 0 Å². The van der Waals surface area contributed by atoms with Crippen LogP contribution in [-0.2, 0) is 21.5 Å². The quantitative estimate of drug-likeness (QED) is 0.788. The Hall–Kier alpha value is -2.88. The third-order valence-electron chi connectivity index (χ3n) is 6.53. The minimum atomic E-state index is -0.663. The van der Waals surface area contributed by atoms with Crippen molar-refractivity contribution in [2.24, 2.45) is 11.8 Å². The minimum absolute atomic E-state index is 0.0857. The van der Waals surface area contributed by atoms with Gasteiger partial charge in [0, 0.05) is 18.8 Å². The molecule has 3 unspecified atom stereocenters. The SMILES string of the molecule is C=CCN1CC2CC3C(=O)N(Cc4ccccc4)c4ccccc4C23C1=O. The fourth-order valence-electron chi connectivity index (χ4n) is 5.36. The van der Waals surface area contributed by atoms with Crippen molar-refractivity contribution in [3.63, 3.8) is 0 Å². The average molecular weight is 358 g/mol. The topological polar surface area (TPSA) is 40.6 Å². The maximum atomic E-state index is 13.4. The van der Waals surface area contributed by atoms with E-state index in [9.17, 15) is 9.59 Å². The number of rotatable bonds is 4. The zero-order chi connectivity index (χ0) is 18.6. The monoisotopic (exact) mass is 358 g/mol. The number of carbonyl (C=O) groups excluding carboxylic acids is 2. The second-order valence-corrected chi connectivity index (χ2v) is 7.78. The summed E-state index contributed by atoms with van der Waals surface area (Å²) in [4.78, 5) is 30.6. The Bertz CT molecular complexity index is 938. The Morgan fingerprint density at radius 2 is 1.81 bits per heavy atom. The standard InChI is InChI=1S/C23H22N2O2/c1-2-12-24-15-17-13-19-21(26)25(14-16-8-4-3-5-9-16)20-11-7-6-10-18(20)23(17,19)22(24)27/h2-11,17,19H,1,12-15H2. The number of nitrogens with zero attached hydrogens (tertiary/aromatic N) is 2. The number of hydrogen-bond acceptors (Lipinski definition) is 2. The maximum Gasteiger partial charge on any atom is 0.234 e. The summed E-state index contributed by atoms with van der Waals surface area (Å²) in [5.74, 6) is 0.161. The highest BCUT2D eigenvalue weighted by molar-refractivity contribution is 6.09. The number of likely N-dealkylation sites (tertiary alicyclic amines) is 1. The van der Waals surface area contributed by atoms with E-state index in [0.717, 1.165) is 29.8 Å². The van der Waals surface area contributed by atoms with Crippen LogP contribution in [0.4, 0.5) is 5.69 Å². The van der Waals surface area contributed by atoms with E-state index in [4.69, 9.17) is 0 Å². The summed E-state index contributed by atoms with van der Waals surface area (Å²) >= 11 is 0. The Balaban J connectivity index is 1.61. The molecule has 2 fully saturated rings. The van der Waals surface area contributed by atoms with E-state index < -0.39 is 5.41 Å². The predicted octanol–water partition coefficient (Wildman–Crippen LogP) is 3.14. The van der Waals surface area contributed by atoms with Gasteiger partial charge >= 0.3 is 0 Å². The molecule has 1 aliphatic carbocycles. The number of hydrogen-bond donors (Lipinski definition) is 0. The molecule has 3 atom stereocenters. The molecule has 5 rings (SSSR count). The molecule has 0 N–H and O–H groups in total. The lowest BCUT2D eigenvalue weighted by atomic mass is 9.49.